The predicted molar refractivity (Wildman–Crippen MR) is 116 cm³/mol. The van der Waals surface area contributed by atoms with Crippen LogP contribution in [0.15, 0.2) is 65.6 Å². The van der Waals surface area contributed by atoms with Gasteiger partial charge in [0.15, 0.2) is 0 Å². The summed E-state index contributed by atoms with van der Waals surface area (Å²) in [7, 11) is 2.88. The number of methoxy groups -OCH3 is 2. The second-order valence-corrected chi connectivity index (χ2v) is 7.10. The van der Waals surface area contributed by atoms with Crippen LogP contribution in [-0.4, -0.2) is 20.2 Å². The van der Waals surface area contributed by atoms with Gasteiger partial charge in [-0.15, -0.1) is 0 Å². The molecule has 0 unspecified atom stereocenters. The molecular formula is C22H22N2O4S. The number of nitrogens with two attached hydrogens (primary N) is 1. The van der Waals surface area contributed by atoms with Crippen molar-refractivity contribution in [2.45, 2.75) is 11.8 Å². The number of aryl methyl sites for hydroxylation is 1. The number of ether oxygens (including phenoxy) is 3. The first-order valence-electron chi connectivity index (χ1n) is 8.83. The van der Waals surface area contributed by atoms with E-state index in [1.165, 1.54) is 31.7 Å². The van der Waals surface area contributed by atoms with Crippen molar-refractivity contribution in [1.82, 2.24) is 0 Å². The van der Waals surface area contributed by atoms with Gasteiger partial charge in [-0.05, 0) is 61.3 Å². The Morgan fingerprint density at radius 2 is 1.66 bits per heavy atom. The second-order valence-electron chi connectivity index (χ2n) is 6.22. The van der Waals surface area contributed by atoms with E-state index in [2.05, 4.69) is 4.72 Å². The Labute approximate surface area is 174 Å². The Morgan fingerprint density at radius 3 is 2.34 bits per heavy atom. The summed E-state index contributed by atoms with van der Waals surface area (Å²) in [6, 6.07) is 18.4. The number of nitrogens with one attached hydrogen (secondary N) is 1. The summed E-state index contributed by atoms with van der Waals surface area (Å²) in [5.74, 6) is 1.09. The van der Waals surface area contributed by atoms with E-state index in [0.717, 1.165) is 4.90 Å². The molecule has 0 saturated carbocycles. The van der Waals surface area contributed by atoms with E-state index in [0.29, 0.717) is 34.2 Å². The monoisotopic (exact) mass is 410 g/mol. The maximum Gasteiger partial charge on any atom is 0.340 e. The number of benzene rings is 3. The van der Waals surface area contributed by atoms with Crippen LogP contribution in [0.1, 0.15) is 15.9 Å². The van der Waals surface area contributed by atoms with Crippen LogP contribution in [0.25, 0.3) is 0 Å². The molecule has 0 aromatic heterocycles. The number of carbonyl (C=O) groups is 1. The summed E-state index contributed by atoms with van der Waals surface area (Å²) in [5, 5.41) is 0. The first-order valence-corrected chi connectivity index (χ1v) is 9.65. The fraction of sp³-hybridized carbons (Fsp3) is 0.136. The highest BCUT2D eigenvalue weighted by Gasteiger charge is 2.14. The zero-order valence-electron chi connectivity index (χ0n) is 16.4. The molecule has 3 aromatic carbocycles. The number of carbonyl (C=O) groups excluding carboxylic acids is 1. The van der Waals surface area contributed by atoms with Gasteiger partial charge in [0.25, 0.3) is 0 Å². The topological polar surface area (TPSA) is 82.8 Å². The van der Waals surface area contributed by atoms with Crippen molar-refractivity contribution < 1.29 is 19.0 Å². The molecular weight excluding hydrogens is 388 g/mol. The highest BCUT2D eigenvalue weighted by molar-refractivity contribution is 8.00. The van der Waals surface area contributed by atoms with Gasteiger partial charge in [-0.2, -0.15) is 0 Å². The van der Waals surface area contributed by atoms with E-state index in [1.54, 1.807) is 36.4 Å². The molecule has 0 fully saturated rings. The SMILES string of the molecule is COC(=O)c1cc(Oc2ccc(N)c(OC)c2)ccc1NSc1ccc(C)cc1. The van der Waals surface area contributed by atoms with Crippen molar-refractivity contribution in [3.8, 4) is 17.2 Å². The number of anilines is 2. The van der Waals surface area contributed by atoms with Gasteiger partial charge >= 0.3 is 5.97 Å². The summed E-state index contributed by atoms with van der Waals surface area (Å²) < 4.78 is 19.2. The Hall–Kier alpha value is -3.32. The van der Waals surface area contributed by atoms with E-state index in [1.807, 2.05) is 31.2 Å². The van der Waals surface area contributed by atoms with Crippen molar-refractivity contribution in [2.24, 2.45) is 0 Å². The molecule has 0 amide bonds. The molecule has 0 heterocycles. The molecule has 6 nitrogen and oxygen atoms in total. The van der Waals surface area contributed by atoms with Gasteiger partial charge in [-0.25, -0.2) is 4.79 Å². The highest BCUT2D eigenvalue weighted by Crippen LogP contribution is 2.33. The Bertz CT molecular complexity index is 1010. The average molecular weight is 410 g/mol. The molecule has 0 atom stereocenters. The molecule has 0 radical (unpaired) electrons. The minimum atomic E-state index is -0.461. The fourth-order valence-corrected chi connectivity index (χ4v) is 3.24. The van der Waals surface area contributed by atoms with Crippen molar-refractivity contribution in [1.29, 1.82) is 0 Å². The molecule has 0 aliphatic heterocycles. The molecule has 3 rings (SSSR count). The Kier molecular flexibility index (Phi) is 6.51. The van der Waals surface area contributed by atoms with E-state index in [9.17, 15) is 4.79 Å². The summed E-state index contributed by atoms with van der Waals surface area (Å²) in [5.41, 5.74) is 8.53. The van der Waals surface area contributed by atoms with Crippen molar-refractivity contribution >= 4 is 29.3 Å². The van der Waals surface area contributed by atoms with Gasteiger partial charge in [0, 0.05) is 11.0 Å². The smallest absolute Gasteiger partial charge is 0.340 e. The van der Waals surface area contributed by atoms with Crippen LogP contribution in [0.5, 0.6) is 17.2 Å². The molecule has 29 heavy (non-hydrogen) atoms. The Morgan fingerprint density at radius 1 is 0.966 bits per heavy atom. The van der Waals surface area contributed by atoms with Crippen molar-refractivity contribution in [3.05, 3.63) is 71.8 Å². The van der Waals surface area contributed by atoms with Crippen LogP contribution in [0.4, 0.5) is 11.4 Å². The van der Waals surface area contributed by atoms with Crippen LogP contribution >= 0.6 is 11.9 Å². The predicted octanol–water partition coefficient (Wildman–Crippen LogP) is 5.28. The van der Waals surface area contributed by atoms with E-state index in [-0.39, 0.29) is 0 Å². The minimum Gasteiger partial charge on any atom is -0.494 e. The first-order chi connectivity index (χ1) is 14.0. The van der Waals surface area contributed by atoms with Gasteiger partial charge in [-0.3, -0.25) is 0 Å². The lowest BCUT2D eigenvalue weighted by Crippen LogP contribution is -2.05. The summed E-state index contributed by atoms with van der Waals surface area (Å²) in [4.78, 5) is 13.3. The molecule has 0 aliphatic carbocycles. The molecule has 7 heteroatoms. The summed E-state index contributed by atoms with van der Waals surface area (Å²) in [6.07, 6.45) is 0. The van der Waals surface area contributed by atoms with Gasteiger partial charge < -0.3 is 24.7 Å². The summed E-state index contributed by atoms with van der Waals surface area (Å²) >= 11 is 1.41. The van der Waals surface area contributed by atoms with E-state index in [4.69, 9.17) is 19.9 Å². The number of hydrogen-bond acceptors (Lipinski definition) is 7. The fourth-order valence-electron chi connectivity index (χ4n) is 2.57. The van der Waals surface area contributed by atoms with Crippen molar-refractivity contribution in [2.75, 3.05) is 24.7 Å². The van der Waals surface area contributed by atoms with Gasteiger partial charge in [0.1, 0.15) is 17.2 Å². The first kappa shape index (κ1) is 20.4. The van der Waals surface area contributed by atoms with Crippen LogP contribution in [0.2, 0.25) is 0 Å². The lowest BCUT2D eigenvalue weighted by atomic mass is 10.1. The maximum atomic E-state index is 12.3. The van der Waals surface area contributed by atoms with Crippen LogP contribution < -0.4 is 19.9 Å². The van der Waals surface area contributed by atoms with Crippen LogP contribution in [0.3, 0.4) is 0 Å². The lowest BCUT2D eigenvalue weighted by molar-refractivity contribution is 0.0601. The molecule has 0 saturated heterocycles. The zero-order valence-corrected chi connectivity index (χ0v) is 17.2. The largest absolute Gasteiger partial charge is 0.494 e. The molecule has 0 aliphatic rings. The molecule has 150 valence electrons. The standard InChI is InChI=1S/C22H22N2O4S/c1-14-4-8-17(9-5-14)29-24-20-11-7-15(12-18(20)22(25)27-3)28-16-6-10-19(23)21(13-16)26-2/h4-13,24H,23H2,1-3H3. The van der Waals surface area contributed by atoms with E-state index < -0.39 is 5.97 Å². The third-order valence-electron chi connectivity index (χ3n) is 4.14. The number of nitrogen functional groups attached to an aromatic ring is 1. The van der Waals surface area contributed by atoms with Gasteiger partial charge in [0.2, 0.25) is 0 Å². The highest BCUT2D eigenvalue weighted by atomic mass is 32.2. The van der Waals surface area contributed by atoms with Crippen LogP contribution in [0, 0.1) is 6.92 Å². The van der Waals surface area contributed by atoms with Gasteiger partial charge in [-0.1, -0.05) is 17.7 Å². The third kappa shape index (κ3) is 5.14. The second kappa shape index (κ2) is 9.25. The average Bonchev–Trinajstić information content (AvgIpc) is 2.74. The normalized spacial score (nSPS) is 10.3. The third-order valence-corrected chi connectivity index (χ3v) is 4.97. The zero-order chi connectivity index (χ0) is 20.8. The van der Waals surface area contributed by atoms with Crippen molar-refractivity contribution in [3.63, 3.8) is 0 Å². The molecule has 0 bridgehead atoms. The van der Waals surface area contributed by atoms with Gasteiger partial charge in [0.05, 0.1) is 31.2 Å². The molecule has 3 aromatic rings. The molecule has 3 N–H and O–H groups in total. The number of rotatable bonds is 7. The summed E-state index contributed by atoms with van der Waals surface area (Å²) in [6.45, 7) is 2.03. The Balaban J connectivity index is 1.81. The van der Waals surface area contributed by atoms with E-state index >= 15 is 0 Å². The number of esters is 1. The maximum absolute atomic E-state index is 12.3. The minimum absolute atomic E-state index is 0.368. The number of hydrogen-bond donors (Lipinski definition) is 2. The van der Waals surface area contributed by atoms with Crippen LogP contribution in [-0.2, 0) is 4.74 Å². The lowest BCUT2D eigenvalue weighted by Gasteiger charge is -2.13. The molecule has 0 spiro atoms. The quantitative estimate of drug-likeness (QED) is 0.311.